The summed E-state index contributed by atoms with van der Waals surface area (Å²) in [6.45, 7) is -0.103. The topological polar surface area (TPSA) is 86.8 Å². The number of nitrogens with one attached hydrogen (secondary N) is 1. The molecule has 0 spiro atoms. The molecule has 1 fully saturated rings. The molecule has 2 aliphatic heterocycles. The van der Waals surface area contributed by atoms with Crippen molar-refractivity contribution in [3.8, 4) is 0 Å². The van der Waals surface area contributed by atoms with Gasteiger partial charge >= 0.3 is 5.92 Å². The number of carbonyl (C=O) groups is 4. The third kappa shape index (κ3) is 4.20. The smallest absolute Gasteiger partial charge is 0.348 e. The lowest BCUT2D eigenvalue weighted by Crippen LogP contribution is -2.53. The molecule has 0 bridgehead atoms. The van der Waals surface area contributed by atoms with Gasteiger partial charge in [-0.25, -0.2) is 0 Å². The highest BCUT2D eigenvalue weighted by Crippen LogP contribution is 2.36. The number of fused-ring (bicyclic) bond motifs is 1. The maximum Gasteiger partial charge on any atom is 0.348 e. The number of alkyl halides is 2. The predicted octanol–water partition coefficient (Wildman–Crippen LogP) is 0.901. The number of benzene rings is 2. The molecular weight excluding hydrogens is 465 g/mol. The van der Waals surface area contributed by atoms with Crippen LogP contribution < -0.4 is 5.32 Å². The van der Waals surface area contributed by atoms with E-state index in [1.165, 1.54) is 25.0 Å². The van der Waals surface area contributed by atoms with Crippen molar-refractivity contribution in [1.29, 1.82) is 0 Å². The van der Waals surface area contributed by atoms with Crippen LogP contribution in [0.5, 0.6) is 0 Å². The third-order valence-corrected chi connectivity index (χ3v) is 6.49. The van der Waals surface area contributed by atoms with Gasteiger partial charge in [-0.1, -0.05) is 35.9 Å². The number of hydrogen-bond donors (Lipinski definition) is 1. The van der Waals surface area contributed by atoms with E-state index >= 15 is 0 Å². The molecule has 2 unspecified atom stereocenters. The summed E-state index contributed by atoms with van der Waals surface area (Å²) in [5.74, 6) is -6.78. The summed E-state index contributed by atoms with van der Waals surface area (Å²) < 4.78 is 29.5. The Balaban J connectivity index is 1.52. The van der Waals surface area contributed by atoms with E-state index in [9.17, 15) is 28.0 Å². The second-order valence-electron chi connectivity index (χ2n) is 8.52. The average molecular weight is 485 g/mol. The maximum atomic E-state index is 14.7. The van der Waals surface area contributed by atoms with Gasteiger partial charge in [-0.15, -0.1) is 0 Å². The molecule has 2 atom stereocenters. The molecule has 0 aliphatic carbocycles. The van der Waals surface area contributed by atoms with Crippen molar-refractivity contribution in [1.82, 2.24) is 15.0 Å². The normalized spacial score (nSPS) is 20.2. The van der Waals surface area contributed by atoms with Crippen molar-refractivity contribution in [2.75, 3.05) is 0 Å². The van der Waals surface area contributed by atoms with Crippen molar-refractivity contribution in [2.45, 2.75) is 37.3 Å². The highest BCUT2D eigenvalue weighted by Gasteiger charge is 2.44. The molecule has 2 aliphatic rings. The second kappa shape index (κ2) is 8.87. The summed E-state index contributed by atoms with van der Waals surface area (Å²) in [6.07, 6.45) is 0.377. The number of carbonyl (C=O) groups excluding carboxylic acids is 4. The van der Waals surface area contributed by atoms with Gasteiger partial charge in [0.25, 0.3) is 11.8 Å². The number of nitrogens with zero attached hydrogens (tertiary/aromatic N) is 2. The Morgan fingerprint density at radius 3 is 2.50 bits per heavy atom. The zero-order chi connectivity index (χ0) is 24.8. The van der Waals surface area contributed by atoms with Gasteiger partial charge in [-0.2, -0.15) is 8.78 Å². The highest BCUT2D eigenvalue weighted by molar-refractivity contribution is 6.30. The van der Waals surface area contributed by atoms with Crippen LogP contribution in [0.25, 0.3) is 0 Å². The largest absolute Gasteiger partial charge is 0.384 e. The van der Waals surface area contributed by atoms with Crippen molar-refractivity contribution in [2.24, 2.45) is 0 Å². The van der Waals surface area contributed by atoms with Gasteiger partial charge in [0.2, 0.25) is 19.8 Å². The molecule has 0 radical (unpaired) electrons. The van der Waals surface area contributed by atoms with E-state index in [1.54, 1.807) is 26.0 Å². The summed E-state index contributed by atoms with van der Waals surface area (Å²) in [7, 11) is 3.05. The maximum absolute atomic E-state index is 14.7. The van der Waals surface area contributed by atoms with Gasteiger partial charge in [-0.05, 0) is 35.7 Å². The number of imide groups is 1. The SMILES string of the molecule is BC1c2cc(CN(B)C(=O)C(F)(F)c3ccc(Cl)cc3)ccc2C(=O)N1C1CCC(=O)NC1=O. The quantitative estimate of drug-likeness (QED) is 0.504. The van der Waals surface area contributed by atoms with Gasteiger partial charge < -0.3 is 9.71 Å². The van der Waals surface area contributed by atoms with Crippen molar-refractivity contribution in [3.63, 3.8) is 0 Å². The van der Waals surface area contributed by atoms with Crippen molar-refractivity contribution < 1.29 is 28.0 Å². The molecule has 4 amide bonds. The number of amides is 4. The first-order valence-electron chi connectivity index (χ1n) is 10.7. The molecule has 12 heteroatoms. The number of rotatable bonds is 5. The Morgan fingerprint density at radius 1 is 1.18 bits per heavy atom. The minimum absolute atomic E-state index is 0.103. The van der Waals surface area contributed by atoms with Gasteiger partial charge in [0.05, 0.1) is 0 Å². The highest BCUT2D eigenvalue weighted by atomic mass is 35.5. The van der Waals surface area contributed by atoms with Crippen LogP contribution in [-0.4, -0.2) is 55.2 Å². The second-order valence-corrected chi connectivity index (χ2v) is 8.96. The Hall–Kier alpha value is -3.20. The summed E-state index contributed by atoms with van der Waals surface area (Å²) in [5, 5.41) is 2.55. The van der Waals surface area contributed by atoms with E-state index in [0.717, 1.165) is 16.9 Å². The van der Waals surface area contributed by atoms with Gasteiger partial charge in [0.15, 0.2) is 0 Å². The molecule has 174 valence electrons. The first-order chi connectivity index (χ1) is 16.0. The first kappa shape index (κ1) is 23.9. The van der Waals surface area contributed by atoms with E-state index in [4.69, 9.17) is 11.6 Å². The van der Waals surface area contributed by atoms with Crippen LogP contribution in [0.2, 0.25) is 5.02 Å². The Bertz CT molecular complexity index is 1200. The number of hydrogen-bond acceptors (Lipinski definition) is 4. The molecule has 34 heavy (non-hydrogen) atoms. The van der Waals surface area contributed by atoms with E-state index in [1.807, 2.05) is 0 Å². The lowest BCUT2D eigenvalue weighted by atomic mass is 9.86. The van der Waals surface area contributed by atoms with Crippen LogP contribution in [0.15, 0.2) is 42.5 Å². The third-order valence-electron chi connectivity index (χ3n) is 6.24. The van der Waals surface area contributed by atoms with E-state index in [2.05, 4.69) is 5.32 Å². The fraction of sp³-hybridized carbons (Fsp3) is 0.273. The summed E-state index contributed by atoms with van der Waals surface area (Å²) >= 11 is 5.75. The minimum atomic E-state index is -3.73. The molecule has 1 saturated heterocycles. The lowest BCUT2D eigenvalue weighted by molar-refractivity contribution is -0.154. The summed E-state index contributed by atoms with van der Waals surface area (Å²) in [5.41, 5.74) is 1.15. The molecule has 2 heterocycles. The average Bonchev–Trinajstić information content (AvgIpc) is 3.03. The Labute approximate surface area is 201 Å². The fourth-order valence-corrected chi connectivity index (χ4v) is 4.57. The zero-order valence-corrected chi connectivity index (χ0v) is 19.2. The van der Waals surface area contributed by atoms with E-state index in [-0.39, 0.29) is 36.2 Å². The molecule has 0 saturated carbocycles. The first-order valence-corrected chi connectivity index (χ1v) is 11.1. The summed E-state index contributed by atoms with van der Waals surface area (Å²) in [6, 6.07) is 8.91. The molecule has 2 aromatic carbocycles. The Morgan fingerprint density at radius 2 is 1.85 bits per heavy atom. The zero-order valence-electron chi connectivity index (χ0n) is 18.5. The standard InChI is InChI=1S/C22H20B2ClF2N3O4/c23-18-15-9-11(10-29(24)21(34)22(26,27)12-2-4-13(25)5-3-12)1-6-14(15)20(33)30(18)16-7-8-17(31)28-19(16)32/h1-6,9,16,18H,7-8,10,23-24H2,(H,28,31,32). The number of halogens is 3. The molecule has 7 nitrogen and oxygen atoms in total. The van der Waals surface area contributed by atoms with Crippen molar-refractivity contribution in [3.05, 3.63) is 69.7 Å². The van der Waals surface area contributed by atoms with Crippen LogP contribution in [-0.2, 0) is 26.9 Å². The van der Waals surface area contributed by atoms with E-state index in [0.29, 0.717) is 16.7 Å². The van der Waals surface area contributed by atoms with Crippen LogP contribution in [0.4, 0.5) is 8.78 Å². The molecular formula is C22H20B2ClF2N3O4. The van der Waals surface area contributed by atoms with E-state index < -0.39 is 35.3 Å². The van der Waals surface area contributed by atoms with Crippen LogP contribution in [0.3, 0.4) is 0 Å². The van der Waals surface area contributed by atoms with Crippen LogP contribution in [0.1, 0.15) is 45.8 Å². The van der Waals surface area contributed by atoms with Crippen molar-refractivity contribution >= 4 is 51.1 Å². The molecule has 0 aromatic heterocycles. The predicted molar refractivity (Wildman–Crippen MR) is 125 cm³/mol. The molecule has 2 aromatic rings. The Kier molecular flexibility index (Phi) is 6.24. The monoisotopic (exact) mass is 485 g/mol. The van der Waals surface area contributed by atoms with Crippen LogP contribution >= 0.6 is 11.6 Å². The minimum Gasteiger partial charge on any atom is -0.384 e. The lowest BCUT2D eigenvalue weighted by Gasteiger charge is -2.33. The van der Waals surface area contributed by atoms with Gasteiger partial charge in [0, 0.05) is 35.1 Å². The summed E-state index contributed by atoms with van der Waals surface area (Å²) in [4.78, 5) is 51.6. The van der Waals surface area contributed by atoms with Crippen LogP contribution in [0, 0.1) is 0 Å². The van der Waals surface area contributed by atoms with Gasteiger partial charge in [0.1, 0.15) is 13.9 Å². The fourth-order valence-electron chi connectivity index (χ4n) is 4.44. The van der Waals surface area contributed by atoms with Gasteiger partial charge in [-0.3, -0.25) is 24.5 Å². The molecule has 4 rings (SSSR count). The number of piperidine rings is 1. The molecule has 1 N–H and O–H groups in total.